The Balaban J connectivity index is 1.90. The maximum atomic E-state index is 12.7. The van der Waals surface area contributed by atoms with Crippen LogP contribution in [0.4, 0.5) is 0 Å². The van der Waals surface area contributed by atoms with Gasteiger partial charge in [-0.15, -0.1) is 0 Å². The maximum Gasteiger partial charge on any atom is 0.242 e. The summed E-state index contributed by atoms with van der Waals surface area (Å²) in [5.74, 6) is 0.756. The summed E-state index contributed by atoms with van der Waals surface area (Å²) in [5.41, 5.74) is -0.357. The van der Waals surface area contributed by atoms with Crippen LogP contribution in [0.3, 0.4) is 0 Å². The molecule has 0 heterocycles. The number of amides is 2. The summed E-state index contributed by atoms with van der Waals surface area (Å²) < 4.78 is 0. The third kappa shape index (κ3) is 6.40. The largest absolute Gasteiger partial charge is 0.357 e. The third-order valence-corrected chi connectivity index (χ3v) is 5.71. The van der Waals surface area contributed by atoms with Crippen LogP contribution in [0.15, 0.2) is 4.99 Å². The van der Waals surface area contributed by atoms with Crippen LogP contribution in [0.5, 0.6) is 0 Å². The molecule has 0 unspecified atom stereocenters. The number of hydrogen-bond donors (Lipinski definition) is 3. The first-order valence-electron chi connectivity index (χ1n) is 10.5. The molecule has 0 bridgehead atoms. The van der Waals surface area contributed by atoms with Crippen LogP contribution in [0.2, 0.25) is 0 Å². The molecule has 2 rings (SSSR count). The van der Waals surface area contributed by atoms with Gasteiger partial charge in [0.05, 0.1) is 5.41 Å². The Morgan fingerprint density at radius 3 is 2.30 bits per heavy atom. The first-order valence-corrected chi connectivity index (χ1v) is 10.5. The number of guanidine groups is 1. The Kier molecular flexibility index (Phi) is 8.38. The van der Waals surface area contributed by atoms with Gasteiger partial charge in [-0.05, 0) is 32.6 Å². The molecule has 0 saturated heterocycles. The van der Waals surface area contributed by atoms with Crippen molar-refractivity contribution in [2.24, 2.45) is 10.4 Å². The zero-order valence-corrected chi connectivity index (χ0v) is 17.3. The number of rotatable bonds is 7. The molecule has 154 valence electrons. The van der Waals surface area contributed by atoms with Crippen molar-refractivity contribution >= 4 is 17.8 Å². The summed E-state index contributed by atoms with van der Waals surface area (Å²) in [6.45, 7) is 3.38. The standard InChI is InChI=1S/C20H37N5O2/c1-4-21-19(22-14-17(26)24-16-10-6-5-7-11-16)23-15-20(12-8-9-13-20)18(27)25(2)3/h16H,4-15H2,1-3H3,(H,24,26)(H2,21,22,23). The van der Waals surface area contributed by atoms with E-state index in [2.05, 4.69) is 20.9 Å². The van der Waals surface area contributed by atoms with Crippen LogP contribution in [-0.2, 0) is 9.59 Å². The molecule has 0 spiro atoms. The highest BCUT2D eigenvalue weighted by Crippen LogP contribution is 2.38. The van der Waals surface area contributed by atoms with E-state index in [0.717, 1.165) is 38.5 Å². The highest BCUT2D eigenvalue weighted by Gasteiger charge is 2.42. The Morgan fingerprint density at radius 1 is 1.04 bits per heavy atom. The van der Waals surface area contributed by atoms with Crippen molar-refractivity contribution in [3.63, 3.8) is 0 Å². The lowest BCUT2D eigenvalue weighted by molar-refractivity contribution is -0.138. The second-order valence-corrected chi connectivity index (χ2v) is 8.14. The minimum absolute atomic E-state index is 0.0287. The van der Waals surface area contributed by atoms with Crippen molar-refractivity contribution in [2.75, 3.05) is 33.7 Å². The van der Waals surface area contributed by atoms with E-state index in [-0.39, 0.29) is 23.8 Å². The summed E-state index contributed by atoms with van der Waals surface area (Å²) in [6.07, 6.45) is 9.77. The number of carbonyl (C=O) groups is 2. The summed E-state index contributed by atoms with van der Waals surface area (Å²) in [5, 5.41) is 9.59. The Bertz CT molecular complexity index is 520. The number of carbonyl (C=O) groups excluding carboxylic acids is 2. The normalized spacial score (nSPS) is 20.2. The lowest BCUT2D eigenvalue weighted by atomic mass is 9.84. The molecule has 2 aliphatic rings. The third-order valence-electron chi connectivity index (χ3n) is 5.71. The number of nitrogens with zero attached hydrogens (tertiary/aromatic N) is 2. The van der Waals surface area contributed by atoms with E-state index in [4.69, 9.17) is 0 Å². The van der Waals surface area contributed by atoms with E-state index >= 15 is 0 Å². The molecule has 2 amide bonds. The molecular weight excluding hydrogens is 342 g/mol. The van der Waals surface area contributed by atoms with Crippen molar-refractivity contribution in [1.82, 2.24) is 20.9 Å². The average Bonchev–Trinajstić information content (AvgIpc) is 3.14. The second-order valence-electron chi connectivity index (χ2n) is 8.14. The van der Waals surface area contributed by atoms with Crippen molar-refractivity contribution < 1.29 is 9.59 Å². The first-order chi connectivity index (χ1) is 13.0. The van der Waals surface area contributed by atoms with Gasteiger partial charge in [0.25, 0.3) is 0 Å². The zero-order valence-electron chi connectivity index (χ0n) is 17.3. The van der Waals surface area contributed by atoms with Gasteiger partial charge in [-0.1, -0.05) is 32.1 Å². The molecule has 3 N–H and O–H groups in total. The van der Waals surface area contributed by atoms with E-state index in [1.54, 1.807) is 4.90 Å². The van der Waals surface area contributed by atoms with Crippen LogP contribution in [-0.4, -0.2) is 62.4 Å². The quantitative estimate of drug-likeness (QED) is 0.464. The molecule has 7 nitrogen and oxygen atoms in total. The summed E-state index contributed by atoms with van der Waals surface area (Å²) >= 11 is 0. The molecule has 2 aliphatic carbocycles. The molecule has 0 aromatic rings. The van der Waals surface area contributed by atoms with Crippen LogP contribution < -0.4 is 16.0 Å². The molecule has 0 aromatic heterocycles. The molecule has 27 heavy (non-hydrogen) atoms. The minimum Gasteiger partial charge on any atom is -0.357 e. The molecule has 0 radical (unpaired) electrons. The van der Waals surface area contributed by atoms with Crippen molar-refractivity contribution in [3.8, 4) is 0 Å². The number of aliphatic imine (C=N–C) groups is 1. The molecule has 2 saturated carbocycles. The highest BCUT2D eigenvalue weighted by molar-refractivity contribution is 5.87. The monoisotopic (exact) mass is 379 g/mol. The lowest BCUT2D eigenvalue weighted by Crippen LogP contribution is -2.49. The smallest absolute Gasteiger partial charge is 0.242 e. The van der Waals surface area contributed by atoms with Gasteiger partial charge in [0, 0.05) is 33.2 Å². The lowest BCUT2D eigenvalue weighted by Gasteiger charge is -2.31. The Hall–Kier alpha value is -1.79. The maximum absolute atomic E-state index is 12.7. The minimum atomic E-state index is -0.357. The van der Waals surface area contributed by atoms with Crippen LogP contribution in [0.25, 0.3) is 0 Å². The summed E-state index contributed by atoms with van der Waals surface area (Å²) in [4.78, 5) is 31.0. The van der Waals surface area contributed by atoms with Gasteiger partial charge in [0.2, 0.25) is 11.8 Å². The molecule has 0 atom stereocenters. The zero-order chi connectivity index (χ0) is 19.7. The Morgan fingerprint density at radius 2 is 1.70 bits per heavy atom. The fourth-order valence-electron chi connectivity index (χ4n) is 4.26. The summed E-state index contributed by atoms with van der Waals surface area (Å²) in [7, 11) is 3.63. The van der Waals surface area contributed by atoms with E-state index in [0.29, 0.717) is 25.1 Å². The van der Waals surface area contributed by atoms with E-state index in [9.17, 15) is 9.59 Å². The van der Waals surface area contributed by atoms with Crippen molar-refractivity contribution in [3.05, 3.63) is 0 Å². The molecule has 7 heteroatoms. The molecule has 2 fully saturated rings. The fourth-order valence-corrected chi connectivity index (χ4v) is 4.26. The van der Waals surface area contributed by atoms with Crippen LogP contribution >= 0.6 is 0 Å². The fraction of sp³-hybridized carbons (Fsp3) is 0.850. The van der Waals surface area contributed by atoms with E-state index in [1.165, 1.54) is 19.3 Å². The molecule has 0 aliphatic heterocycles. The van der Waals surface area contributed by atoms with Crippen LogP contribution in [0, 0.1) is 5.41 Å². The van der Waals surface area contributed by atoms with E-state index in [1.807, 2.05) is 21.0 Å². The first kappa shape index (κ1) is 21.5. The average molecular weight is 380 g/mol. The molecule has 0 aromatic carbocycles. The van der Waals surface area contributed by atoms with Crippen molar-refractivity contribution in [1.29, 1.82) is 0 Å². The van der Waals surface area contributed by atoms with Crippen LogP contribution in [0.1, 0.15) is 64.7 Å². The van der Waals surface area contributed by atoms with Gasteiger partial charge in [-0.2, -0.15) is 0 Å². The van der Waals surface area contributed by atoms with E-state index < -0.39 is 0 Å². The van der Waals surface area contributed by atoms with Gasteiger partial charge >= 0.3 is 0 Å². The SMILES string of the molecule is CCNC(=NCC(=O)NC1CCCCC1)NCC1(C(=O)N(C)C)CCCC1. The summed E-state index contributed by atoms with van der Waals surface area (Å²) in [6, 6.07) is 0.302. The predicted octanol–water partition coefficient (Wildman–Crippen LogP) is 1.64. The van der Waals surface area contributed by atoms with Crippen molar-refractivity contribution in [2.45, 2.75) is 70.8 Å². The molecular formula is C20H37N5O2. The van der Waals surface area contributed by atoms with Gasteiger partial charge < -0.3 is 20.9 Å². The van der Waals surface area contributed by atoms with Gasteiger partial charge in [0.1, 0.15) is 6.54 Å². The highest BCUT2D eigenvalue weighted by atomic mass is 16.2. The number of hydrogen-bond acceptors (Lipinski definition) is 3. The topological polar surface area (TPSA) is 85.8 Å². The number of nitrogens with one attached hydrogen (secondary N) is 3. The van der Waals surface area contributed by atoms with Gasteiger partial charge in [-0.25, -0.2) is 4.99 Å². The second kappa shape index (κ2) is 10.5. The van der Waals surface area contributed by atoms with Gasteiger partial charge in [-0.3, -0.25) is 9.59 Å². The van der Waals surface area contributed by atoms with Gasteiger partial charge in [0.15, 0.2) is 5.96 Å². The Labute approximate surface area is 163 Å². The predicted molar refractivity (Wildman–Crippen MR) is 109 cm³/mol.